The second kappa shape index (κ2) is 7.94. The Labute approximate surface area is 131 Å². The van der Waals surface area contributed by atoms with Crippen LogP contribution in [0.15, 0.2) is 30.3 Å². The molecule has 0 heterocycles. The van der Waals surface area contributed by atoms with Crippen molar-refractivity contribution in [3.63, 3.8) is 0 Å². The minimum atomic E-state index is -0.654. The molecule has 1 unspecified atom stereocenters. The molecular weight excluding hydrogens is 280 g/mol. The number of nitrogens with two attached hydrogens (primary N) is 1. The van der Waals surface area contributed by atoms with Crippen molar-refractivity contribution in [2.75, 3.05) is 13.7 Å². The van der Waals surface area contributed by atoms with Crippen LogP contribution >= 0.6 is 0 Å². The Bertz CT molecular complexity index is 504. The summed E-state index contributed by atoms with van der Waals surface area (Å²) in [6.07, 6.45) is 3.27. The first-order chi connectivity index (χ1) is 10.7. The van der Waals surface area contributed by atoms with Gasteiger partial charge < -0.3 is 15.8 Å². The smallest absolute Gasteiger partial charge is 0.328 e. The maximum absolute atomic E-state index is 12.5. The van der Waals surface area contributed by atoms with Gasteiger partial charge in [-0.05, 0) is 30.9 Å². The molecule has 0 aliphatic heterocycles. The third-order valence-electron chi connectivity index (χ3n) is 4.38. The van der Waals surface area contributed by atoms with E-state index >= 15 is 0 Å². The molecule has 3 N–H and O–H groups in total. The number of benzene rings is 1. The summed E-state index contributed by atoms with van der Waals surface area (Å²) in [5.74, 6) is -0.373. The van der Waals surface area contributed by atoms with Gasteiger partial charge in [-0.25, -0.2) is 4.79 Å². The van der Waals surface area contributed by atoms with Gasteiger partial charge in [-0.2, -0.15) is 0 Å². The summed E-state index contributed by atoms with van der Waals surface area (Å²) < 4.78 is 4.82. The molecule has 1 aliphatic rings. The molecule has 22 heavy (non-hydrogen) atoms. The highest BCUT2D eigenvalue weighted by atomic mass is 16.5. The first-order valence-corrected chi connectivity index (χ1v) is 7.78. The topological polar surface area (TPSA) is 81.4 Å². The lowest BCUT2D eigenvalue weighted by Gasteiger charge is -2.22. The Morgan fingerprint density at radius 2 is 2.05 bits per heavy atom. The summed E-state index contributed by atoms with van der Waals surface area (Å²) in [5, 5.41) is 2.85. The first kappa shape index (κ1) is 16.5. The summed E-state index contributed by atoms with van der Waals surface area (Å²) >= 11 is 0. The Kier molecular flexibility index (Phi) is 5.95. The number of nitrogens with one attached hydrogen (secondary N) is 1. The lowest BCUT2D eigenvalue weighted by molar-refractivity contribution is -0.145. The van der Waals surface area contributed by atoms with E-state index in [1.54, 1.807) is 0 Å². The van der Waals surface area contributed by atoms with E-state index in [1.807, 2.05) is 30.3 Å². The number of hydrogen-bond acceptors (Lipinski definition) is 4. The van der Waals surface area contributed by atoms with Crippen LogP contribution < -0.4 is 11.1 Å². The fourth-order valence-electron chi connectivity index (χ4n) is 3.13. The Morgan fingerprint density at radius 3 is 2.68 bits per heavy atom. The highest BCUT2D eigenvalue weighted by molar-refractivity contribution is 5.86. The molecule has 0 bridgehead atoms. The van der Waals surface area contributed by atoms with Crippen molar-refractivity contribution in [2.45, 2.75) is 31.7 Å². The molecule has 1 saturated carbocycles. The van der Waals surface area contributed by atoms with Gasteiger partial charge in [0.2, 0.25) is 5.91 Å². The molecule has 0 radical (unpaired) electrons. The summed E-state index contributed by atoms with van der Waals surface area (Å²) in [4.78, 5) is 24.4. The van der Waals surface area contributed by atoms with Gasteiger partial charge in [-0.3, -0.25) is 4.79 Å². The standard InChI is InChI=1S/C17H24N2O3/c1-22-17(21)15(10-12-6-3-2-4-7-12)19-16(20)14-9-5-8-13(14)11-18/h2-4,6-7,13-15H,5,8-11,18H2,1H3,(H,19,20)/t13-,14-,15?/m1/s1. The summed E-state index contributed by atoms with van der Waals surface area (Å²) in [6, 6.07) is 8.94. The van der Waals surface area contributed by atoms with Crippen molar-refractivity contribution >= 4 is 11.9 Å². The highest BCUT2D eigenvalue weighted by Crippen LogP contribution is 2.31. The zero-order valence-corrected chi connectivity index (χ0v) is 13.0. The predicted molar refractivity (Wildman–Crippen MR) is 84.0 cm³/mol. The SMILES string of the molecule is COC(=O)C(Cc1ccccc1)NC(=O)[C@@H]1CCC[C@@H]1CN. The van der Waals surface area contributed by atoms with Crippen LogP contribution in [0.5, 0.6) is 0 Å². The summed E-state index contributed by atoms with van der Waals surface area (Å²) in [7, 11) is 1.34. The lowest BCUT2D eigenvalue weighted by Crippen LogP contribution is -2.46. The van der Waals surface area contributed by atoms with E-state index in [9.17, 15) is 9.59 Å². The maximum atomic E-state index is 12.5. The zero-order chi connectivity index (χ0) is 15.9. The molecule has 1 aromatic rings. The molecule has 0 spiro atoms. The maximum Gasteiger partial charge on any atom is 0.328 e. The number of esters is 1. The monoisotopic (exact) mass is 304 g/mol. The molecule has 2 rings (SSSR count). The second-order valence-corrected chi connectivity index (χ2v) is 5.81. The average molecular weight is 304 g/mol. The first-order valence-electron chi connectivity index (χ1n) is 7.78. The number of methoxy groups -OCH3 is 1. The number of amides is 1. The minimum absolute atomic E-state index is 0.0840. The van der Waals surface area contributed by atoms with Crippen molar-refractivity contribution in [1.82, 2.24) is 5.32 Å². The molecule has 3 atom stereocenters. The largest absolute Gasteiger partial charge is 0.467 e. The molecule has 1 amide bonds. The van der Waals surface area contributed by atoms with Gasteiger partial charge in [0, 0.05) is 12.3 Å². The predicted octanol–water partition coefficient (Wildman–Crippen LogP) is 1.26. The van der Waals surface area contributed by atoms with Gasteiger partial charge in [0.1, 0.15) is 6.04 Å². The fourth-order valence-corrected chi connectivity index (χ4v) is 3.13. The molecule has 1 aliphatic carbocycles. The fraction of sp³-hybridized carbons (Fsp3) is 0.529. The van der Waals surface area contributed by atoms with E-state index in [-0.39, 0.29) is 17.7 Å². The number of ether oxygens (including phenoxy) is 1. The van der Waals surface area contributed by atoms with Crippen molar-refractivity contribution in [1.29, 1.82) is 0 Å². The van der Waals surface area contributed by atoms with Gasteiger partial charge in [-0.1, -0.05) is 36.8 Å². The molecule has 5 nitrogen and oxygen atoms in total. The van der Waals surface area contributed by atoms with Crippen molar-refractivity contribution in [2.24, 2.45) is 17.6 Å². The number of carbonyl (C=O) groups is 2. The Hall–Kier alpha value is -1.88. The van der Waals surface area contributed by atoms with Gasteiger partial charge in [0.05, 0.1) is 7.11 Å². The van der Waals surface area contributed by atoms with Crippen LogP contribution in [0.25, 0.3) is 0 Å². The molecule has 5 heteroatoms. The molecule has 0 aromatic heterocycles. The van der Waals surface area contributed by atoms with Gasteiger partial charge in [0.15, 0.2) is 0 Å². The van der Waals surface area contributed by atoms with Crippen LogP contribution in [0.4, 0.5) is 0 Å². The molecule has 1 aromatic carbocycles. The van der Waals surface area contributed by atoms with E-state index in [0.717, 1.165) is 24.8 Å². The van der Waals surface area contributed by atoms with Crippen molar-refractivity contribution < 1.29 is 14.3 Å². The Morgan fingerprint density at radius 1 is 1.32 bits per heavy atom. The Balaban J connectivity index is 2.03. The number of carbonyl (C=O) groups excluding carboxylic acids is 2. The van der Waals surface area contributed by atoms with E-state index in [1.165, 1.54) is 7.11 Å². The van der Waals surface area contributed by atoms with Gasteiger partial charge >= 0.3 is 5.97 Å². The lowest BCUT2D eigenvalue weighted by atomic mass is 9.94. The normalized spacial score (nSPS) is 22.1. The molecule has 0 saturated heterocycles. The third-order valence-corrected chi connectivity index (χ3v) is 4.38. The van der Waals surface area contributed by atoms with Crippen LogP contribution in [-0.2, 0) is 20.7 Å². The van der Waals surface area contributed by atoms with Crippen LogP contribution in [0.2, 0.25) is 0 Å². The minimum Gasteiger partial charge on any atom is -0.467 e. The zero-order valence-electron chi connectivity index (χ0n) is 13.0. The quantitative estimate of drug-likeness (QED) is 0.775. The van der Waals surface area contributed by atoms with E-state index in [0.29, 0.717) is 13.0 Å². The van der Waals surface area contributed by atoms with Gasteiger partial charge in [0.25, 0.3) is 0 Å². The number of rotatable bonds is 6. The highest BCUT2D eigenvalue weighted by Gasteiger charge is 2.34. The van der Waals surface area contributed by atoms with E-state index in [4.69, 9.17) is 10.5 Å². The van der Waals surface area contributed by atoms with Crippen LogP contribution in [0.1, 0.15) is 24.8 Å². The van der Waals surface area contributed by atoms with E-state index in [2.05, 4.69) is 5.32 Å². The molecular formula is C17H24N2O3. The van der Waals surface area contributed by atoms with Crippen molar-refractivity contribution in [3.8, 4) is 0 Å². The number of hydrogen-bond donors (Lipinski definition) is 2. The van der Waals surface area contributed by atoms with Crippen LogP contribution in [0.3, 0.4) is 0 Å². The van der Waals surface area contributed by atoms with Crippen LogP contribution in [-0.4, -0.2) is 31.6 Å². The van der Waals surface area contributed by atoms with E-state index < -0.39 is 12.0 Å². The summed E-state index contributed by atoms with van der Waals surface area (Å²) in [5.41, 5.74) is 6.72. The van der Waals surface area contributed by atoms with Crippen LogP contribution in [0, 0.1) is 11.8 Å². The molecule has 120 valence electrons. The summed E-state index contributed by atoms with van der Waals surface area (Å²) in [6.45, 7) is 0.514. The third kappa shape index (κ3) is 4.07. The average Bonchev–Trinajstić information content (AvgIpc) is 3.03. The van der Waals surface area contributed by atoms with Gasteiger partial charge in [-0.15, -0.1) is 0 Å². The second-order valence-electron chi connectivity index (χ2n) is 5.81. The van der Waals surface area contributed by atoms with Crippen molar-refractivity contribution in [3.05, 3.63) is 35.9 Å². The molecule has 1 fully saturated rings.